The van der Waals surface area contributed by atoms with Gasteiger partial charge >= 0.3 is 5.97 Å². The van der Waals surface area contributed by atoms with Crippen molar-refractivity contribution >= 4 is 40.8 Å². The van der Waals surface area contributed by atoms with E-state index in [9.17, 15) is 9.59 Å². The van der Waals surface area contributed by atoms with Gasteiger partial charge in [-0.05, 0) is 55.0 Å². The number of amides is 1. The van der Waals surface area contributed by atoms with Crippen LogP contribution in [-0.4, -0.2) is 27.7 Å². The molecule has 0 atom stereocenters. The van der Waals surface area contributed by atoms with Crippen LogP contribution in [0.25, 0.3) is 0 Å². The fourth-order valence-electron chi connectivity index (χ4n) is 3.09. The molecule has 1 aromatic carbocycles. The average molecular weight is 418 g/mol. The highest BCUT2D eigenvalue weighted by molar-refractivity contribution is 6.39. The van der Waals surface area contributed by atoms with Crippen LogP contribution in [0.4, 0.5) is 0 Å². The first-order chi connectivity index (χ1) is 13.4. The van der Waals surface area contributed by atoms with Crippen LogP contribution in [0.15, 0.2) is 47.8 Å². The molecule has 1 aliphatic carbocycles. The van der Waals surface area contributed by atoms with Crippen LogP contribution < -0.4 is 5.32 Å². The molecule has 0 bridgehead atoms. The lowest BCUT2D eigenvalue weighted by Crippen LogP contribution is -2.28. The lowest BCUT2D eigenvalue weighted by atomic mass is 9.89. The molecule has 6 nitrogen and oxygen atoms in total. The summed E-state index contributed by atoms with van der Waals surface area (Å²) in [5.74, 6) is -1.49. The van der Waals surface area contributed by atoms with Gasteiger partial charge in [0.2, 0.25) is 0 Å². The number of allylic oxidation sites excluding steroid dienone is 2. The second-order valence-electron chi connectivity index (χ2n) is 6.33. The third-order valence-corrected chi connectivity index (χ3v) is 5.14. The highest BCUT2D eigenvalue weighted by Gasteiger charge is 2.22. The molecular weight excluding hydrogens is 401 g/mol. The zero-order valence-electron chi connectivity index (χ0n) is 14.8. The van der Waals surface area contributed by atoms with Crippen LogP contribution in [0.5, 0.6) is 0 Å². The Bertz CT molecular complexity index is 964. The summed E-state index contributed by atoms with van der Waals surface area (Å²) < 4.78 is 0. The first-order valence-corrected chi connectivity index (χ1v) is 9.40. The molecule has 1 aromatic heterocycles. The molecule has 1 aliphatic rings. The van der Waals surface area contributed by atoms with Gasteiger partial charge in [0, 0.05) is 11.9 Å². The molecular formula is C20H17Cl2N3O3. The number of halogens is 2. The second-order valence-corrected chi connectivity index (χ2v) is 7.10. The van der Waals surface area contributed by atoms with Gasteiger partial charge in [-0.15, -0.1) is 0 Å². The van der Waals surface area contributed by atoms with Crippen molar-refractivity contribution < 1.29 is 14.7 Å². The number of carboxylic acids is 1. The van der Waals surface area contributed by atoms with Gasteiger partial charge in [-0.2, -0.15) is 0 Å². The smallest absolute Gasteiger partial charge is 0.335 e. The molecule has 0 unspecified atom stereocenters. The van der Waals surface area contributed by atoms with Crippen molar-refractivity contribution in [1.29, 1.82) is 5.41 Å². The van der Waals surface area contributed by atoms with E-state index in [4.69, 9.17) is 33.7 Å². The molecule has 0 saturated carbocycles. The Balaban J connectivity index is 1.90. The number of aromatic carboxylic acids is 1. The van der Waals surface area contributed by atoms with E-state index in [-0.39, 0.29) is 27.0 Å². The monoisotopic (exact) mass is 417 g/mol. The molecule has 1 heterocycles. The van der Waals surface area contributed by atoms with E-state index in [2.05, 4.69) is 10.3 Å². The van der Waals surface area contributed by atoms with Crippen LogP contribution in [-0.2, 0) is 0 Å². The predicted octanol–water partition coefficient (Wildman–Crippen LogP) is 4.71. The summed E-state index contributed by atoms with van der Waals surface area (Å²) in [6.45, 7) is 0. The number of carbonyl (C=O) groups excluding carboxylic acids is 1. The lowest BCUT2D eigenvalue weighted by molar-refractivity contribution is 0.0696. The Morgan fingerprint density at radius 3 is 2.32 bits per heavy atom. The third-order valence-electron chi connectivity index (χ3n) is 4.54. The molecule has 3 N–H and O–H groups in total. The van der Waals surface area contributed by atoms with Crippen LogP contribution in [0.1, 0.15) is 52.0 Å². The number of nitrogens with zero attached hydrogens (tertiary/aromatic N) is 1. The summed E-state index contributed by atoms with van der Waals surface area (Å²) >= 11 is 12.1. The quantitative estimate of drug-likeness (QED) is 0.483. The van der Waals surface area contributed by atoms with Gasteiger partial charge in [-0.1, -0.05) is 35.3 Å². The van der Waals surface area contributed by atoms with E-state index in [1.165, 1.54) is 24.4 Å². The number of hydrogen-bond donors (Lipinski definition) is 3. The zero-order valence-corrected chi connectivity index (χ0v) is 16.3. The molecule has 0 fully saturated rings. The maximum Gasteiger partial charge on any atom is 0.335 e. The fraction of sp³-hybridized carbons (Fsp3) is 0.200. The maximum absolute atomic E-state index is 12.7. The summed E-state index contributed by atoms with van der Waals surface area (Å²) in [7, 11) is 0. The Morgan fingerprint density at radius 2 is 1.68 bits per heavy atom. The summed E-state index contributed by atoms with van der Waals surface area (Å²) in [6.07, 6.45) is 4.47. The van der Waals surface area contributed by atoms with E-state index in [0.717, 1.165) is 18.4 Å². The van der Waals surface area contributed by atoms with Gasteiger partial charge in [-0.25, -0.2) is 9.78 Å². The summed E-state index contributed by atoms with van der Waals surface area (Å²) in [6, 6.07) is 7.61. The molecule has 0 spiro atoms. The molecule has 0 saturated heterocycles. The van der Waals surface area contributed by atoms with Crippen molar-refractivity contribution in [3.05, 3.63) is 74.7 Å². The van der Waals surface area contributed by atoms with Gasteiger partial charge < -0.3 is 10.4 Å². The Labute approximate surface area is 171 Å². The minimum atomic E-state index is -1.02. The van der Waals surface area contributed by atoms with Gasteiger partial charge in [-0.3, -0.25) is 10.2 Å². The topological polar surface area (TPSA) is 103 Å². The first kappa shape index (κ1) is 20.0. The van der Waals surface area contributed by atoms with E-state index >= 15 is 0 Å². The van der Waals surface area contributed by atoms with Crippen molar-refractivity contribution in [2.24, 2.45) is 0 Å². The molecule has 3 rings (SSSR count). The van der Waals surface area contributed by atoms with Gasteiger partial charge in [0.05, 0.1) is 21.9 Å². The number of carboxylic acid groups (broad SMARTS) is 1. The Morgan fingerprint density at radius 1 is 1.04 bits per heavy atom. The number of carbonyl (C=O) groups is 2. The number of hydrogen-bond acceptors (Lipinski definition) is 4. The number of pyridine rings is 1. The number of nitrogens with one attached hydrogen (secondary N) is 2. The molecule has 0 radical (unpaired) electrons. The average Bonchev–Trinajstić information content (AvgIpc) is 2.68. The predicted molar refractivity (Wildman–Crippen MR) is 107 cm³/mol. The summed E-state index contributed by atoms with van der Waals surface area (Å²) in [5, 5.41) is 20.6. The van der Waals surface area contributed by atoms with Crippen molar-refractivity contribution in [2.75, 3.05) is 0 Å². The minimum Gasteiger partial charge on any atom is -0.478 e. The minimum absolute atomic E-state index is 0.0160. The zero-order chi connectivity index (χ0) is 20.3. The van der Waals surface area contributed by atoms with Crippen molar-refractivity contribution in [1.82, 2.24) is 10.3 Å². The van der Waals surface area contributed by atoms with Crippen molar-refractivity contribution in [2.45, 2.75) is 25.7 Å². The highest BCUT2D eigenvalue weighted by atomic mass is 35.5. The highest BCUT2D eigenvalue weighted by Crippen LogP contribution is 2.28. The molecule has 8 heteroatoms. The Kier molecular flexibility index (Phi) is 6.11. The van der Waals surface area contributed by atoms with Crippen LogP contribution in [0.2, 0.25) is 10.2 Å². The Hall–Kier alpha value is -2.70. The van der Waals surface area contributed by atoms with Crippen LogP contribution in [0, 0.1) is 5.41 Å². The summed E-state index contributed by atoms with van der Waals surface area (Å²) in [5.41, 5.74) is 2.48. The van der Waals surface area contributed by atoms with E-state index in [1.807, 2.05) is 0 Å². The molecule has 0 aliphatic heterocycles. The van der Waals surface area contributed by atoms with Crippen LogP contribution >= 0.6 is 23.2 Å². The van der Waals surface area contributed by atoms with Crippen LogP contribution in [0.3, 0.4) is 0 Å². The number of aromatic nitrogens is 1. The fourth-order valence-corrected chi connectivity index (χ4v) is 3.61. The van der Waals surface area contributed by atoms with Crippen molar-refractivity contribution in [3.63, 3.8) is 0 Å². The lowest BCUT2D eigenvalue weighted by Gasteiger charge is -2.22. The normalized spacial score (nSPS) is 13.9. The van der Waals surface area contributed by atoms with E-state index in [0.29, 0.717) is 24.1 Å². The van der Waals surface area contributed by atoms with Gasteiger partial charge in [0.25, 0.3) is 5.91 Å². The number of benzene rings is 1. The largest absolute Gasteiger partial charge is 0.478 e. The van der Waals surface area contributed by atoms with Gasteiger partial charge in [0.15, 0.2) is 0 Å². The standard InChI is InChI=1S/C20H17Cl2N3O3/c21-14-9-10-24-18(22)16(14)19(26)25-15-4-2-1-3-13(15)17(23)11-5-7-12(8-6-11)20(27)28/h5-10,23H,1-4H2,(H,25,26)(H,27,28). The SMILES string of the molecule is N=C(C1=C(NC(=O)c2c(Cl)ccnc2Cl)CCCC1)c1ccc(C(=O)O)cc1. The van der Waals surface area contributed by atoms with E-state index < -0.39 is 11.9 Å². The van der Waals surface area contributed by atoms with Gasteiger partial charge in [0.1, 0.15) is 5.15 Å². The third kappa shape index (κ3) is 4.24. The molecule has 1 amide bonds. The van der Waals surface area contributed by atoms with E-state index in [1.54, 1.807) is 12.1 Å². The second kappa shape index (κ2) is 8.54. The summed E-state index contributed by atoms with van der Waals surface area (Å²) in [4.78, 5) is 27.6. The molecule has 144 valence electrons. The number of rotatable bonds is 5. The molecule has 28 heavy (non-hydrogen) atoms. The molecule has 2 aromatic rings. The van der Waals surface area contributed by atoms with Crippen molar-refractivity contribution in [3.8, 4) is 0 Å². The maximum atomic E-state index is 12.7. The first-order valence-electron chi connectivity index (χ1n) is 8.64.